The van der Waals surface area contributed by atoms with Crippen LogP contribution in [0.3, 0.4) is 0 Å². The molecule has 11 aromatic rings. The molecule has 2 amide bonds. The number of aliphatic hydroxyl groups is 1. The Morgan fingerprint density at radius 2 is 1.11 bits per heavy atom. The highest BCUT2D eigenvalue weighted by Gasteiger charge is 2.44. The Hall–Kier alpha value is -7.64. The van der Waals surface area contributed by atoms with Crippen LogP contribution in [0.15, 0.2) is 116 Å². The summed E-state index contributed by atoms with van der Waals surface area (Å²) in [6, 6.07) is 26.5. The second kappa shape index (κ2) is 34.3. The summed E-state index contributed by atoms with van der Waals surface area (Å²) < 4.78 is 24.7. The molecule has 5 aromatic heterocycles. The van der Waals surface area contributed by atoms with Crippen LogP contribution in [0.25, 0.3) is 65.6 Å². The molecule has 2 aliphatic carbocycles. The third-order valence-corrected chi connectivity index (χ3v) is 23.2. The minimum atomic E-state index is -3.19. The van der Waals surface area contributed by atoms with E-state index in [1.54, 1.807) is 37.6 Å². The van der Waals surface area contributed by atoms with Crippen LogP contribution in [0.5, 0.6) is 0 Å². The summed E-state index contributed by atoms with van der Waals surface area (Å²) in [5, 5.41) is 53.8. The number of amides is 2. The summed E-state index contributed by atoms with van der Waals surface area (Å²) in [7, 11) is -1.28. The minimum Gasteiger partial charge on any atom is -0.388 e. The number of aromatic nitrogens is 10. The van der Waals surface area contributed by atoms with E-state index in [0.717, 1.165) is 194 Å². The SMILES string of the molecule is CC(=O)N1CCC(CCC(=O)c2cc(Cl)cc3[nH]ncc23)CC1.CN1CC2(CCN(c3cc(Cl)cc4[nH]ncc34)CC2)CC1=O.CS(=O)(=O)NCc1ccc(-c2cc(Cl)cc3[nH]ncc23)cc1.NC(CC1CCCCC1)c1cc(Cl)cc2[nH]ncc12.OC(c1cc(Cl)cc2[nH]ncc12)C1CCCCC1. The van der Waals surface area contributed by atoms with Crippen LogP contribution in [0.4, 0.5) is 5.69 Å². The molecule has 0 radical (unpaired) electrons. The molecule has 0 bridgehead atoms. The lowest BCUT2D eigenvalue weighted by Crippen LogP contribution is -2.41. The summed E-state index contributed by atoms with van der Waals surface area (Å²) in [5.74, 6) is 2.16. The van der Waals surface area contributed by atoms with E-state index in [0.29, 0.717) is 45.3 Å². The van der Waals surface area contributed by atoms with Crippen LogP contribution >= 0.6 is 58.0 Å². The number of piperidine rings is 2. The Morgan fingerprint density at radius 1 is 0.615 bits per heavy atom. The zero-order chi connectivity index (χ0) is 73.2. The van der Waals surface area contributed by atoms with Crippen molar-refractivity contribution in [1.29, 1.82) is 0 Å². The van der Waals surface area contributed by atoms with E-state index < -0.39 is 16.1 Å². The van der Waals surface area contributed by atoms with Gasteiger partial charge in [0.1, 0.15) is 0 Å². The molecular formula is C77H90Cl5N15O6S. The van der Waals surface area contributed by atoms with Gasteiger partial charge >= 0.3 is 0 Å². The Bertz CT molecular complexity index is 4890. The lowest BCUT2D eigenvalue weighted by Gasteiger charge is -2.40. The first-order chi connectivity index (χ1) is 50.0. The summed E-state index contributed by atoms with van der Waals surface area (Å²) in [6.45, 7) is 6.31. The number of H-pyrrole nitrogens is 5. The first-order valence-electron chi connectivity index (χ1n) is 35.9. The van der Waals surface area contributed by atoms with E-state index in [1.165, 1.54) is 51.4 Å². The fraction of sp³-hybridized carbons (Fsp3) is 0.429. The summed E-state index contributed by atoms with van der Waals surface area (Å²) >= 11 is 30.7. The van der Waals surface area contributed by atoms with Crippen LogP contribution in [-0.4, -0.2) is 138 Å². The second-order valence-electron chi connectivity index (χ2n) is 28.8. The number of fused-ring (bicyclic) bond motifs is 5. The maximum atomic E-state index is 12.6. The number of benzene rings is 6. The normalized spacial score (nSPS) is 17.3. The second-order valence-corrected chi connectivity index (χ2v) is 32.8. The zero-order valence-electron chi connectivity index (χ0n) is 58.8. The molecule has 2 saturated carbocycles. The fourth-order valence-corrected chi connectivity index (χ4v) is 17.2. The van der Waals surface area contributed by atoms with Gasteiger partial charge in [0.2, 0.25) is 21.8 Å². The van der Waals surface area contributed by atoms with E-state index in [1.807, 2.05) is 102 Å². The van der Waals surface area contributed by atoms with Crippen molar-refractivity contribution in [3.8, 4) is 11.1 Å². The molecule has 3 aliphatic heterocycles. The quantitative estimate of drug-likeness (QED) is 0.0470. The number of nitrogens with one attached hydrogen (secondary N) is 6. The van der Waals surface area contributed by atoms with Gasteiger partial charge < -0.3 is 25.5 Å². The molecule has 5 aliphatic rings. The number of carbonyl (C=O) groups is 3. The van der Waals surface area contributed by atoms with Crippen LogP contribution < -0.4 is 15.4 Å². The molecular weight excluding hydrogens is 1440 g/mol. The Labute approximate surface area is 630 Å². The molecule has 5 fully saturated rings. The number of nitrogens with two attached hydrogens (primary N) is 1. The van der Waals surface area contributed by atoms with Crippen molar-refractivity contribution in [3.63, 3.8) is 0 Å². The average Bonchev–Trinajstić information content (AvgIpc) is 1.55. The van der Waals surface area contributed by atoms with E-state index in [9.17, 15) is 27.9 Å². The molecule has 16 rings (SSSR count). The highest BCUT2D eigenvalue weighted by molar-refractivity contribution is 7.88. The molecule has 27 heteroatoms. The number of aliphatic hydroxyl groups excluding tert-OH is 1. The van der Waals surface area contributed by atoms with Gasteiger partial charge in [-0.1, -0.05) is 134 Å². The van der Waals surface area contributed by atoms with Gasteiger partial charge in [-0.2, -0.15) is 25.5 Å². The summed E-state index contributed by atoms with van der Waals surface area (Å²) in [5.41, 5.74) is 17.8. The minimum absolute atomic E-state index is 0.0573. The van der Waals surface area contributed by atoms with Gasteiger partial charge in [-0.15, -0.1) is 0 Å². The van der Waals surface area contributed by atoms with Gasteiger partial charge in [0.05, 0.1) is 70.9 Å². The van der Waals surface area contributed by atoms with Crippen LogP contribution in [0.2, 0.25) is 25.1 Å². The molecule has 2 unspecified atom stereocenters. The highest BCUT2D eigenvalue weighted by Crippen LogP contribution is 2.44. The number of hydrogen-bond acceptors (Lipinski definition) is 13. The fourth-order valence-electron chi connectivity index (χ4n) is 15.7. The van der Waals surface area contributed by atoms with Crippen molar-refractivity contribution in [2.45, 2.75) is 141 Å². The number of hydrogen-bond donors (Lipinski definition) is 8. The highest BCUT2D eigenvalue weighted by atomic mass is 35.5. The first-order valence-corrected chi connectivity index (χ1v) is 39.7. The maximum absolute atomic E-state index is 12.6. The molecule has 2 atom stereocenters. The van der Waals surface area contributed by atoms with Crippen molar-refractivity contribution in [2.24, 2.45) is 28.9 Å². The van der Waals surface area contributed by atoms with Gasteiger partial charge in [0.25, 0.3) is 0 Å². The average molecular weight is 1530 g/mol. The third kappa shape index (κ3) is 19.1. The first kappa shape index (κ1) is 76.0. The number of likely N-dealkylation sites (tertiary alicyclic amines) is 2. The molecule has 6 aromatic carbocycles. The van der Waals surface area contributed by atoms with Crippen LogP contribution in [-0.2, 0) is 26.2 Å². The van der Waals surface area contributed by atoms with E-state index in [2.05, 4.69) is 60.6 Å². The van der Waals surface area contributed by atoms with Crippen molar-refractivity contribution in [2.75, 3.05) is 50.9 Å². The third-order valence-electron chi connectivity index (χ3n) is 21.4. The van der Waals surface area contributed by atoms with Gasteiger partial charge in [0.15, 0.2) is 5.78 Å². The number of halogens is 5. The number of aromatic amines is 5. The predicted molar refractivity (Wildman–Crippen MR) is 417 cm³/mol. The number of rotatable bonds is 14. The van der Waals surface area contributed by atoms with E-state index in [-0.39, 0.29) is 35.6 Å². The van der Waals surface area contributed by atoms with E-state index >= 15 is 0 Å². The van der Waals surface area contributed by atoms with Crippen molar-refractivity contribution in [1.82, 2.24) is 65.5 Å². The molecule has 21 nitrogen and oxygen atoms in total. The molecule has 9 N–H and O–H groups in total. The smallest absolute Gasteiger partial charge is 0.222 e. The van der Waals surface area contributed by atoms with Crippen molar-refractivity contribution in [3.05, 3.63) is 163 Å². The number of Topliss-reactive ketones (excluding diaryl/α,β-unsaturated/α-hetero) is 1. The van der Waals surface area contributed by atoms with Gasteiger partial charge in [-0.05, 0) is 158 Å². The predicted octanol–water partition coefficient (Wildman–Crippen LogP) is 17.1. The Kier molecular flexibility index (Phi) is 25.1. The molecule has 3 saturated heterocycles. The Balaban J connectivity index is 0.000000123. The standard InChI is InChI=1S/C17H20ClN3O2.C16H19ClN4O.C15H14ClN3O2S.C15H20ClN3.C14H17ClN2O/c1-11(22)21-6-4-12(5-7-21)2-3-17(23)14-8-13(18)9-16-15(14)10-19-20-16;1-20-10-16(8-15(20)22)2-4-21(5-3-16)14-7-11(17)6-13-12(14)9-18-19-13;1-22(20,21)18-8-10-2-4-11(5-3-10)13-6-12(16)7-15-14(13)9-17-19-15;16-11-7-12(13-9-18-19-15(13)8-11)14(17)6-10-4-2-1-3-5-10;15-10-6-11(12-8-16-17-13(12)7-10)14(18)9-4-2-1-3-5-9/h8-10,12H,2-7H2,1H3,(H,19,20);6-7,9H,2-5,8,10H2,1H3,(H,18,19);2-7,9,18H,8H2,1H3,(H,17,19);7-10,14H,1-6,17H2,(H,18,19);6-9,14,18H,1-5H2,(H,16,17). The van der Waals surface area contributed by atoms with Gasteiger partial charge in [-0.3, -0.25) is 39.9 Å². The van der Waals surface area contributed by atoms with Crippen molar-refractivity contribution < 1.29 is 27.9 Å². The summed E-state index contributed by atoms with van der Waals surface area (Å²) in [4.78, 5) is 41.9. The van der Waals surface area contributed by atoms with Crippen LogP contribution in [0.1, 0.15) is 162 Å². The lowest BCUT2D eigenvalue weighted by atomic mass is 9.77. The Morgan fingerprint density at radius 3 is 1.67 bits per heavy atom. The monoisotopic (exact) mass is 1530 g/mol. The molecule has 104 heavy (non-hydrogen) atoms. The number of carbonyl (C=O) groups excluding carboxylic acids is 3. The van der Waals surface area contributed by atoms with Crippen LogP contribution in [0, 0.1) is 23.2 Å². The number of ketones is 1. The molecule has 550 valence electrons. The summed E-state index contributed by atoms with van der Waals surface area (Å²) in [6.07, 6.45) is 29.5. The topological polar surface area (TPSA) is 297 Å². The van der Waals surface area contributed by atoms with Crippen molar-refractivity contribution >= 4 is 146 Å². The van der Waals surface area contributed by atoms with E-state index in [4.69, 9.17) is 63.7 Å². The number of anilines is 1. The van der Waals surface area contributed by atoms with Gasteiger partial charge in [-0.25, -0.2) is 13.1 Å². The number of nitrogens with zero attached hydrogens (tertiary/aromatic N) is 8. The maximum Gasteiger partial charge on any atom is 0.222 e. The zero-order valence-corrected chi connectivity index (χ0v) is 63.4. The molecule has 1 spiro atoms. The lowest BCUT2D eigenvalue weighted by molar-refractivity contribution is -0.130. The molecule has 8 heterocycles. The van der Waals surface area contributed by atoms with Gasteiger partial charge in [0, 0.05) is 141 Å². The largest absolute Gasteiger partial charge is 0.388 e. The number of sulfonamides is 1.